The molecule has 1 unspecified atom stereocenters. The molecule has 0 N–H and O–H groups in total. The van der Waals surface area contributed by atoms with E-state index in [0.717, 1.165) is 11.1 Å². The number of nitrogens with zero attached hydrogens (tertiary/aromatic N) is 4. The number of benzene rings is 3. The molecular formula is C30H22N4O4S. The SMILES string of the molecule is CCc1nnc(N2C(=O)c3oc4ccccc4c(=O)c3C23C(=O)N(Cc2ccc(C)cc2)c2ccccc23)s1. The van der Waals surface area contributed by atoms with Crippen molar-refractivity contribution in [2.75, 3.05) is 9.80 Å². The predicted octanol–water partition coefficient (Wildman–Crippen LogP) is 4.97. The number of carbonyl (C=O) groups is 2. The van der Waals surface area contributed by atoms with Gasteiger partial charge in [-0.15, -0.1) is 10.2 Å². The molecule has 0 saturated carbocycles. The van der Waals surface area contributed by atoms with Gasteiger partial charge in [0, 0.05) is 5.56 Å². The number of fused-ring (bicyclic) bond motifs is 5. The molecule has 9 heteroatoms. The Morgan fingerprint density at radius 2 is 1.67 bits per heavy atom. The fourth-order valence-corrected chi connectivity index (χ4v) is 6.45. The zero-order valence-corrected chi connectivity index (χ0v) is 22.0. The third kappa shape index (κ3) is 3.13. The minimum Gasteiger partial charge on any atom is -0.450 e. The molecule has 0 saturated heterocycles. The van der Waals surface area contributed by atoms with Gasteiger partial charge in [0.2, 0.25) is 10.9 Å². The van der Waals surface area contributed by atoms with Crippen LogP contribution >= 0.6 is 11.3 Å². The van der Waals surface area contributed by atoms with Crippen LogP contribution < -0.4 is 15.2 Å². The van der Waals surface area contributed by atoms with Crippen molar-refractivity contribution in [1.82, 2.24) is 10.2 Å². The number of rotatable bonds is 4. The third-order valence-electron chi connectivity index (χ3n) is 7.44. The van der Waals surface area contributed by atoms with E-state index in [9.17, 15) is 14.4 Å². The highest BCUT2D eigenvalue weighted by Gasteiger charge is 2.66. The van der Waals surface area contributed by atoms with E-state index in [4.69, 9.17) is 4.42 Å². The van der Waals surface area contributed by atoms with E-state index in [1.54, 1.807) is 35.2 Å². The Balaban J connectivity index is 1.54. The molecule has 1 spiro atoms. The van der Waals surface area contributed by atoms with Crippen molar-refractivity contribution in [3.8, 4) is 0 Å². The van der Waals surface area contributed by atoms with E-state index in [-0.39, 0.29) is 28.6 Å². The fourth-order valence-electron chi connectivity index (χ4n) is 5.62. The Morgan fingerprint density at radius 3 is 2.44 bits per heavy atom. The molecular weight excluding hydrogens is 512 g/mol. The van der Waals surface area contributed by atoms with Gasteiger partial charge in [-0.1, -0.05) is 78.4 Å². The van der Waals surface area contributed by atoms with E-state index >= 15 is 0 Å². The lowest BCUT2D eigenvalue weighted by Gasteiger charge is -2.32. The van der Waals surface area contributed by atoms with Crippen LogP contribution in [0.4, 0.5) is 10.8 Å². The molecule has 192 valence electrons. The van der Waals surface area contributed by atoms with Crippen molar-refractivity contribution in [3.63, 3.8) is 0 Å². The van der Waals surface area contributed by atoms with Crippen molar-refractivity contribution in [1.29, 1.82) is 0 Å². The van der Waals surface area contributed by atoms with Crippen LogP contribution in [0.15, 0.2) is 82.0 Å². The van der Waals surface area contributed by atoms with E-state index in [1.807, 2.05) is 56.3 Å². The summed E-state index contributed by atoms with van der Waals surface area (Å²) in [6.45, 7) is 4.21. The van der Waals surface area contributed by atoms with E-state index in [0.29, 0.717) is 28.1 Å². The van der Waals surface area contributed by atoms with E-state index < -0.39 is 22.8 Å². The molecule has 4 heterocycles. The summed E-state index contributed by atoms with van der Waals surface area (Å²) in [5.74, 6) is -1.15. The normalized spacial score (nSPS) is 17.9. The zero-order chi connectivity index (χ0) is 26.9. The summed E-state index contributed by atoms with van der Waals surface area (Å²) in [6, 6.07) is 22.0. The Bertz CT molecular complexity index is 1880. The highest BCUT2D eigenvalue weighted by Crippen LogP contribution is 2.54. The molecule has 0 fully saturated rings. The maximum absolute atomic E-state index is 14.8. The number of aromatic nitrogens is 2. The number of aryl methyl sites for hydroxylation is 2. The van der Waals surface area contributed by atoms with Crippen LogP contribution in [0.5, 0.6) is 0 Å². The Morgan fingerprint density at radius 1 is 0.923 bits per heavy atom. The lowest BCUT2D eigenvalue weighted by atomic mass is 9.84. The van der Waals surface area contributed by atoms with Gasteiger partial charge in [-0.3, -0.25) is 19.3 Å². The van der Waals surface area contributed by atoms with Crippen LogP contribution in [-0.4, -0.2) is 22.0 Å². The van der Waals surface area contributed by atoms with Gasteiger partial charge in [-0.25, -0.2) is 0 Å². The van der Waals surface area contributed by atoms with Gasteiger partial charge in [0.1, 0.15) is 10.6 Å². The third-order valence-corrected chi connectivity index (χ3v) is 8.50. The largest absolute Gasteiger partial charge is 0.450 e. The monoisotopic (exact) mass is 534 g/mol. The summed E-state index contributed by atoms with van der Waals surface area (Å²) in [5, 5.41) is 9.79. The molecule has 39 heavy (non-hydrogen) atoms. The topological polar surface area (TPSA) is 96.6 Å². The average molecular weight is 535 g/mol. The number of anilines is 2. The lowest BCUT2D eigenvalue weighted by Crippen LogP contribution is -2.53. The average Bonchev–Trinajstić information content (AvgIpc) is 3.60. The molecule has 0 bridgehead atoms. The molecule has 2 aliphatic rings. The van der Waals surface area contributed by atoms with Gasteiger partial charge in [-0.05, 0) is 37.1 Å². The van der Waals surface area contributed by atoms with Gasteiger partial charge < -0.3 is 9.32 Å². The molecule has 8 nitrogen and oxygen atoms in total. The van der Waals surface area contributed by atoms with Crippen molar-refractivity contribution in [2.45, 2.75) is 32.4 Å². The van der Waals surface area contributed by atoms with Crippen LogP contribution in [0.25, 0.3) is 11.0 Å². The minimum absolute atomic E-state index is 0.0169. The second kappa shape index (κ2) is 8.44. The second-order valence-corrected chi connectivity index (χ2v) is 10.7. The summed E-state index contributed by atoms with van der Waals surface area (Å²) in [6.07, 6.45) is 0.616. The van der Waals surface area contributed by atoms with Gasteiger partial charge >= 0.3 is 0 Å². The van der Waals surface area contributed by atoms with Crippen molar-refractivity contribution < 1.29 is 14.0 Å². The molecule has 2 aliphatic heterocycles. The Hall–Kier alpha value is -4.63. The molecule has 5 aromatic rings. The van der Waals surface area contributed by atoms with Crippen molar-refractivity contribution in [2.24, 2.45) is 0 Å². The first-order valence-electron chi connectivity index (χ1n) is 12.7. The van der Waals surface area contributed by atoms with Crippen molar-refractivity contribution >= 4 is 44.9 Å². The van der Waals surface area contributed by atoms with Gasteiger partial charge in [0.15, 0.2) is 11.0 Å². The van der Waals surface area contributed by atoms with Crippen LogP contribution in [0, 0.1) is 6.92 Å². The number of hydrogen-bond donors (Lipinski definition) is 0. The standard InChI is InChI=1S/C30H22N4O4S/c1-3-23-31-32-29(39-23)34-27(36)26-24(25(35)19-8-4-7-11-22(19)38-26)30(34)20-9-5-6-10-21(20)33(28(30)37)16-18-14-12-17(2)13-15-18/h4-15H,3,16H2,1-2H3. The first kappa shape index (κ1) is 23.5. The summed E-state index contributed by atoms with van der Waals surface area (Å²) in [7, 11) is 0. The van der Waals surface area contributed by atoms with Crippen LogP contribution in [-0.2, 0) is 23.3 Å². The number of hydrogen-bond acceptors (Lipinski definition) is 7. The van der Waals surface area contributed by atoms with Crippen LogP contribution in [0.1, 0.15) is 44.7 Å². The summed E-state index contributed by atoms with van der Waals surface area (Å²) < 4.78 is 6.09. The quantitative estimate of drug-likeness (QED) is 0.323. The Labute approximate surface area is 227 Å². The molecule has 3 aromatic carbocycles. The highest BCUT2D eigenvalue weighted by molar-refractivity contribution is 7.15. The number of para-hydroxylation sites is 2. The predicted molar refractivity (Wildman–Crippen MR) is 148 cm³/mol. The second-order valence-electron chi connectivity index (χ2n) is 9.71. The van der Waals surface area contributed by atoms with Gasteiger partial charge in [-0.2, -0.15) is 0 Å². The first-order valence-corrected chi connectivity index (χ1v) is 13.5. The molecule has 0 radical (unpaired) electrons. The molecule has 0 aliphatic carbocycles. The number of amides is 2. The Kier molecular flexibility index (Phi) is 5.08. The summed E-state index contributed by atoms with van der Waals surface area (Å²) in [5.41, 5.74) is 1.30. The molecule has 2 amide bonds. The fraction of sp³-hybridized carbons (Fsp3) is 0.167. The maximum atomic E-state index is 14.8. The van der Waals surface area contributed by atoms with Gasteiger partial charge in [0.05, 0.1) is 23.2 Å². The number of carbonyl (C=O) groups excluding carboxylic acids is 2. The van der Waals surface area contributed by atoms with Crippen LogP contribution in [0.2, 0.25) is 0 Å². The minimum atomic E-state index is -1.77. The van der Waals surface area contributed by atoms with Crippen molar-refractivity contribution in [3.05, 3.63) is 116 Å². The zero-order valence-electron chi connectivity index (χ0n) is 21.2. The molecule has 2 aromatic heterocycles. The summed E-state index contributed by atoms with van der Waals surface area (Å²) in [4.78, 5) is 46.1. The smallest absolute Gasteiger partial charge is 0.297 e. The maximum Gasteiger partial charge on any atom is 0.297 e. The molecule has 1 atom stereocenters. The lowest BCUT2D eigenvalue weighted by molar-refractivity contribution is -0.121. The first-order chi connectivity index (χ1) is 18.9. The van der Waals surface area contributed by atoms with Gasteiger partial charge in [0.25, 0.3) is 11.8 Å². The summed E-state index contributed by atoms with van der Waals surface area (Å²) >= 11 is 1.23. The molecule has 7 rings (SSSR count). The van der Waals surface area contributed by atoms with Crippen LogP contribution in [0.3, 0.4) is 0 Å². The highest BCUT2D eigenvalue weighted by atomic mass is 32.1. The van der Waals surface area contributed by atoms with E-state index in [2.05, 4.69) is 10.2 Å². The van der Waals surface area contributed by atoms with E-state index in [1.165, 1.54) is 16.2 Å².